The van der Waals surface area contributed by atoms with E-state index >= 15 is 0 Å². The van der Waals surface area contributed by atoms with Gasteiger partial charge in [0, 0.05) is 43.2 Å². The molecule has 2 nitrogen and oxygen atoms in total. The van der Waals surface area contributed by atoms with Gasteiger partial charge in [0.15, 0.2) is 0 Å². The van der Waals surface area contributed by atoms with Crippen LogP contribution in [-0.2, 0) is 0 Å². The van der Waals surface area contributed by atoms with Crippen LogP contribution in [0.25, 0.3) is 0 Å². The first-order valence-electron chi connectivity index (χ1n) is 7.00. The fourth-order valence-electron chi connectivity index (χ4n) is 2.31. The van der Waals surface area contributed by atoms with E-state index in [4.69, 9.17) is 0 Å². The molecule has 0 aromatic carbocycles. The summed E-state index contributed by atoms with van der Waals surface area (Å²) in [6.45, 7) is 16.4. The molecule has 0 aromatic rings. The molecule has 0 aromatic heterocycles. The Hall–Kier alpha value is 0.270. The maximum Gasteiger partial charge on any atom is 0.0172 e. The summed E-state index contributed by atoms with van der Waals surface area (Å²) in [4.78, 5) is 2.66. The van der Waals surface area contributed by atoms with Gasteiger partial charge in [-0.05, 0) is 11.8 Å². The van der Waals surface area contributed by atoms with Crippen LogP contribution in [-0.4, -0.2) is 48.1 Å². The van der Waals surface area contributed by atoms with Crippen LogP contribution in [0.15, 0.2) is 0 Å². The molecule has 1 atom stereocenters. The van der Waals surface area contributed by atoms with Crippen molar-refractivity contribution >= 4 is 11.8 Å². The zero-order valence-corrected chi connectivity index (χ0v) is 13.1. The molecular weight excluding hydrogens is 228 g/mol. The summed E-state index contributed by atoms with van der Waals surface area (Å²) < 4.78 is 0. The molecule has 0 amide bonds. The summed E-state index contributed by atoms with van der Waals surface area (Å²) >= 11 is 2.15. The van der Waals surface area contributed by atoms with E-state index in [0.717, 1.165) is 11.8 Å². The van der Waals surface area contributed by atoms with Gasteiger partial charge in [0.2, 0.25) is 0 Å². The second-order valence-corrected chi connectivity index (χ2v) is 7.74. The Balaban J connectivity index is 2.35. The van der Waals surface area contributed by atoms with Gasteiger partial charge >= 0.3 is 0 Å². The summed E-state index contributed by atoms with van der Waals surface area (Å²) in [5.41, 5.74) is 0.380. The molecule has 1 rings (SSSR count). The second kappa shape index (κ2) is 7.01. The van der Waals surface area contributed by atoms with Gasteiger partial charge in [-0.1, -0.05) is 34.6 Å². The average molecular weight is 258 g/mol. The van der Waals surface area contributed by atoms with Gasteiger partial charge in [0.25, 0.3) is 0 Å². The number of hydrogen-bond donors (Lipinski definition) is 1. The lowest BCUT2D eigenvalue weighted by atomic mass is 9.92. The van der Waals surface area contributed by atoms with Gasteiger partial charge in [-0.25, -0.2) is 0 Å². The normalized spacial score (nSPS) is 23.3. The second-order valence-electron chi connectivity index (χ2n) is 6.34. The maximum absolute atomic E-state index is 3.57. The van der Waals surface area contributed by atoms with Gasteiger partial charge < -0.3 is 10.2 Å². The van der Waals surface area contributed by atoms with Crippen LogP contribution in [0.2, 0.25) is 0 Å². The Bertz CT molecular complexity index is 216. The standard InChI is InChI=1S/C14H30N2S/c1-6-13-9-16(7-8-17-13)11-14(4,5)10-15-12(2)3/h12-13,15H,6-11H2,1-5H3. The van der Waals surface area contributed by atoms with Crippen molar-refractivity contribution in [1.29, 1.82) is 0 Å². The first kappa shape index (κ1) is 15.3. The minimum Gasteiger partial charge on any atom is -0.314 e. The third-order valence-corrected chi connectivity index (χ3v) is 4.69. The van der Waals surface area contributed by atoms with Crippen LogP contribution < -0.4 is 5.32 Å². The van der Waals surface area contributed by atoms with E-state index in [0.29, 0.717) is 11.5 Å². The van der Waals surface area contributed by atoms with E-state index in [1.807, 2.05) is 0 Å². The molecule has 1 saturated heterocycles. The topological polar surface area (TPSA) is 15.3 Å². The predicted molar refractivity (Wildman–Crippen MR) is 79.9 cm³/mol. The fourth-order valence-corrected chi connectivity index (χ4v) is 3.56. The van der Waals surface area contributed by atoms with Crippen molar-refractivity contribution in [3.63, 3.8) is 0 Å². The van der Waals surface area contributed by atoms with Crippen LogP contribution in [0.5, 0.6) is 0 Å². The monoisotopic (exact) mass is 258 g/mol. The molecular formula is C14H30N2S. The molecule has 102 valence electrons. The molecule has 17 heavy (non-hydrogen) atoms. The third-order valence-electron chi connectivity index (χ3n) is 3.32. The Morgan fingerprint density at radius 1 is 1.41 bits per heavy atom. The Morgan fingerprint density at radius 3 is 2.71 bits per heavy atom. The van der Waals surface area contributed by atoms with Gasteiger partial charge in [-0.3, -0.25) is 0 Å². The van der Waals surface area contributed by atoms with Crippen molar-refractivity contribution in [2.75, 3.05) is 31.9 Å². The molecule has 1 unspecified atom stereocenters. The van der Waals surface area contributed by atoms with Gasteiger partial charge in [-0.15, -0.1) is 0 Å². The van der Waals surface area contributed by atoms with Crippen molar-refractivity contribution in [2.24, 2.45) is 5.41 Å². The Kier molecular flexibility index (Phi) is 6.32. The molecule has 1 N–H and O–H groups in total. The first-order chi connectivity index (χ1) is 7.93. The van der Waals surface area contributed by atoms with E-state index in [2.05, 4.69) is 56.6 Å². The number of thioether (sulfide) groups is 1. The van der Waals surface area contributed by atoms with Gasteiger partial charge in [-0.2, -0.15) is 11.8 Å². The third kappa shape index (κ3) is 6.12. The smallest absolute Gasteiger partial charge is 0.0172 e. The van der Waals surface area contributed by atoms with Crippen molar-refractivity contribution in [2.45, 2.75) is 52.3 Å². The molecule has 0 saturated carbocycles. The van der Waals surface area contributed by atoms with Crippen LogP contribution in [0.3, 0.4) is 0 Å². The number of nitrogens with one attached hydrogen (secondary N) is 1. The Morgan fingerprint density at radius 2 is 2.12 bits per heavy atom. The van der Waals surface area contributed by atoms with Gasteiger partial charge in [0.05, 0.1) is 0 Å². The lowest BCUT2D eigenvalue weighted by molar-refractivity contribution is 0.175. The zero-order chi connectivity index (χ0) is 12.9. The largest absolute Gasteiger partial charge is 0.314 e. The SMILES string of the molecule is CCC1CN(CC(C)(C)CNC(C)C)CCS1. The molecule has 3 heteroatoms. The number of rotatable bonds is 6. The van der Waals surface area contributed by atoms with Crippen LogP contribution in [0.4, 0.5) is 0 Å². The zero-order valence-electron chi connectivity index (χ0n) is 12.3. The van der Waals surface area contributed by atoms with Crippen LogP contribution >= 0.6 is 11.8 Å². The molecule has 1 aliphatic rings. The maximum atomic E-state index is 3.57. The highest BCUT2D eigenvalue weighted by atomic mass is 32.2. The average Bonchev–Trinajstić information content (AvgIpc) is 2.26. The highest BCUT2D eigenvalue weighted by Crippen LogP contribution is 2.24. The fraction of sp³-hybridized carbons (Fsp3) is 1.00. The highest BCUT2D eigenvalue weighted by Gasteiger charge is 2.25. The van der Waals surface area contributed by atoms with E-state index < -0.39 is 0 Å². The minimum absolute atomic E-state index is 0.380. The van der Waals surface area contributed by atoms with Crippen molar-refractivity contribution < 1.29 is 0 Å². The molecule has 0 bridgehead atoms. The predicted octanol–water partition coefficient (Wildman–Crippen LogP) is 2.84. The first-order valence-corrected chi connectivity index (χ1v) is 8.05. The molecule has 0 spiro atoms. The molecule has 1 fully saturated rings. The highest BCUT2D eigenvalue weighted by molar-refractivity contribution is 8.00. The molecule has 1 heterocycles. The van der Waals surface area contributed by atoms with E-state index in [1.165, 1.54) is 31.8 Å². The summed E-state index contributed by atoms with van der Waals surface area (Å²) in [5, 5.41) is 4.43. The van der Waals surface area contributed by atoms with Gasteiger partial charge in [0.1, 0.15) is 0 Å². The minimum atomic E-state index is 0.380. The summed E-state index contributed by atoms with van der Waals surface area (Å²) in [6, 6.07) is 0.592. The Labute approximate surface area is 112 Å². The lowest BCUT2D eigenvalue weighted by Gasteiger charge is -2.38. The number of hydrogen-bond acceptors (Lipinski definition) is 3. The quantitative estimate of drug-likeness (QED) is 0.789. The van der Waals surface area contributed by atoms with Crippen LogP contribution in [0.1, 0.15) is 41.0 Å². The number of nitrogens with zero attached hydrogens (tertiary/aromatic N) is 1. The molecule has 1 aliphatic heterocycles. The van der Waals surface area contributed by atoms with E-state index in [1.54, 1.807) is 0 Å². The van der Waals surface area contributed by atoms with Crippen LogP contribution in [0, 0.1) is 5.41 Å². The van der Waals surface area contributed by atoms with E-state index in [-0.39, 0.29) is 0 Å². The lowest BCUT2D eigenvalue weighted by Crippen LogP contribution is -2.46. The van der Waals surface area contributed by atoms with Crippen molar-refractivity contribution in [1.82, 2.24) is 10.2 Å². The van der Waals surface area contributed by atoms with Crippen molar-refractivity contribution in [3.05, 3.63) is 0 Å². The summed E-state index contributed by atoms with van der Waals surface area (Å²) in [7, 11) is 0. The molecule has 0 aliphatic carbocycles. The van der Waals surface area contributed by atoms with Crippen molar-refractivity contribution in [3.8, 4) is 0 Å². The molecule has 0 radical (unpaired) electrons. The summed E-state index contributed by atoms with van der Waals surface area (Å²) in [5.74, 6) is 1.31. The van der Waals surface area contributed by atoms with E-state index in [9.17, 15) is 0 Å². The summed E-state index contributed by atoms with van der Waals surface area (Å²) in [6.07, 6.45) is 1.31.